The molecule has 6 heteroatoms. The molecule has 29 heavy (non-hydrogen) atoms. The van der Waals surface area contributed by atoms with Gasteiger partial charge in [0.1, 0.15) is 0 Å². The molecule has 1 amide bonds. The highest BCUT2D eigenvalue weighted by atomic mass is 16.5. The van der Waals surface area contributed by atoms with E-state index in [1.54, 1.807) is 4.68 Å². The molecule has 0 saturated carbocycles. The predicted octanol–water partition coefficient (Wildman–Crippen LogP) is 3.99. The van der Waals surface area contributed by atoms with Crippen molar-refractivity contribution in [1.29, 1.82) is 0 Å². The first-order valence-corrected chi connectivity index (χ1v) is 9.65. The summed E-state index contributed by atoms with van der Waals surface area (Å²) in [5.41, 5.74) is 3.78. The maximum Gasteiger partial charge on any atom is 0.258 e. The van der Waals surface area contributed by atoms with Crippen molar-refractivity contribution in [3.8, 4) is 5.88 Å². The van der Waals surface area contributed by atoms with Crippen LogP contribution in [-0.2, 0) is 11.8 Å². The van der Waals surface area contributed by atoms with E-state index in [-0.39, 0.29) is 18.6 Å². The van der Waals surface area contributed by atoms with Gasteiger partial charge in [-0.25, -0.2) is 9.67 Å². The van der Waals surface area contributed by atoms with Gasteiger partial charge in [0.15, 0.2) is 12.3 Å². The van der Waals surface area contributed by atoms with Gasteiger partial charge in [-0.2, -0.15) is 0 Å². The summed E-state index contributed by atoms with van der Waals surface area (Å²) in [6, 6.07) is 16.1. The number of carbonyl (C=O) groups excluding carboxylic acids is 1. The molecule has 2 aromatic carbocycles. The second-order valence-electron chi connectivity index (χ2n) is 7.35. The topological polar surface area (TPSA) is 69.0 Å². The van der Waals surface area contributed by atoms with E-state index in [4.69, 9.17) is 4.74 Å². The number of aromatic nitrogens is 3. The number of amides is 1. The first-order chi connectivity index (χ1) is 13.9. The lowest BCUT2D eigenvalue weighted by Gasteiger charge is -2.16. The Balaban J connectivity index is 1.49. The minimum Gasteiger partial charge on any atom is -0.466 e. The van der Waals surface area contributed by atoms with E-state index < -0.39 is 0 Å². The van der Waals surface area contributed by atoms with Crippen molar-refractivity contribution in [2.45, 2.75) is 26.8 Å². The molecule has 1 atom stereocenters. The van der Waals surface area contributed by atoms with Gasteiger partial charge in [-0.05, 0) is 48.7 Å². The van der Waals surface area contributed by atoms with Crippen LogP contribution in [0.4, 0.5) is 0 Å². The van der Waals surface area contributed by atoms with Crippen LogP contribution in [0.1, 0.15) is 29.8 Å². The number of carbonyl (C=O) groups is 1. The minimum atomic E-state index is -0.193. The molecule has 4 aromatic rings. The molecular formula is C23H24N4O2. The highest BCUT2D eigenvalue weighted by Gasteiger charge is 2.17. The Labute approximate surface area is 169 Å². The fourth-order valence-electron chi connectivity index (χ4n) is 3.77. The molecular weight excluding hydrogens is 364 g/mol. The van der Waals surface area contributed by atoms with Gasteiger partial charge in [0, 0.05) is 12.7 Å². The quantitative estimate of drug-likeness (QED) is 0.561. The van der Waals surface area contributed by atoms with Crippen LogP contribution in [-0.4, -0.2) is 27.3 Å². The van der Waals surface area contributed by atoms with Gasteiger partial charge >= 0.3 is 0 Å². The van der Waals surface area contributed by atoms with Crippen LogP contribution >= 0.6 is 0 Å². The van der Waals surface area contributed by atoms with Crippen LogP contribution in [0.5, 0.6) is 5.88 Å². The average molecular weight is 388 g/mol. The Morgan fingerprint density at radius 3 is 2.76 bits per heavy atom. The van der Waals surface area contributed by atoms with Gasteiger partial charge < -0.3 is 10.1 Å². The lowest BCUT2D eigenvalue weighted by Crippen LogP contribution is -2.31. The van der Waals surface area contributed by atoms with Gasteiger partial charge in [0.2, 0.25) is 5.88 Å². The predicted molar refractivity (Wildman–Crippen MR) is 114 cm³/mol. The summed E-state index contributed by atoms with van der Waals surface area (Å²) in [7, 11) is 1.82. The highest BCUT2D eigenvalue weighted by Crippen LogP contribution is 2.27. The van der Waals surface area contributed by atoms with Crippen molar-refractivity contribution in [1.82, 2.24) is 20.1 Å². The molecule has 0 aliphatic heterocycles. The number of fused-ring (bicyclic) bond motifs is 2. The SMILES string of the molecule is Cc1cc(C)c2c(OCC(=O)NC(C)c3cccc4ccccc34)nn(C)c2n1. The van der Waals surface area contributed by atoms with Gasteiger partial charge in [-0.1, -0.05) is 42.5 Å². The zero-order valence-electron chi connectivity index (χ0n) is 17.1. The first-order valence-electron chi connectivity index (χ1n) is 9.65. The number of nitrogens with zero attached hydrogens (tertiary/aromatic N) is 3. The van der Waals surface area contributed by atoms with Crippen molar-refractivity contribution in [3.63, 3.8) is 0 Å². The normalized spacial score (nSPS) is 12.3. The number of hydrogen-bond acceptors (Lipinski definition) is 4. The Hall–Kier alpha value is -3.41. The summed E-state index contributed by atoms with van der Waals surface area (Å²) in [5.74, 6) is 0.238. The molecule has 0 aliphatic carbocycles. The van der Waals surface area contributed by atoms with Crippen LogP contribution in [0.3, 0.4) is 0 Å². The van der Waals surface area contributed by atoms with Crippen molar-refractivity contribution in [2.75, 3.05) is 6.61 Å². The number of pyridine rings is 1. The van der Waals surface area contributed by atoms with E-state index in [0.717, 1.165) is 38.6 Å². The molecule has 4 rings (SSSR count). The number of benzene rings is 2. The third kappa shape index (κ3) is 3.66. The summed E-state index contributed by atoms with van der Waals surface area (Å²) in [6.45, 7) is 5.82. The largest absolute Gasteiger partial charge is 0.466 e. The molecule has 0 fully saturated rings. The molecule has 6 nitrogen and oxygen atoms in total. The number of nitrogens with one attached hydrogen (secondary N) is 1. The second-order valence-corrected chi connectivity index (χ2v) is 7.35. The maximum absolute atomic E-state index is 12.5. The number of hydrogen-bond donors (Lipinski definition) is 1. The number of ether oxygens (including phenoxy) is 1. The van der Waals surface area contributed by atoms with Gasteiger partial charge in [0.25, 0.3) is 5.91 Å². The van der Waals surface area contributed by atoms with Crippen LogP contribution in [0.2, 0.25) is 0 Å². The lowest BCUT2D eigenvalue weighted by molar-refractivity contribution is -0.123. The third-order valence-corrected chi connectivity index (χ3v) is 5.09. The Morgan fingerprint density at radius 1 is 1.17 bits per heavy atom. The molecule has 1 N–H and O–H groups in total. The van der Waals surface area contributed by atoms with Gasteiger partial charge in [-0.3, -0.25) is 4.79 Å². The van der Waals surface area contributed by atoms with Crippen LogP contribution in [0.15, 0.2) is 48.5 Å². The van der Waals surface area contributed by atoms with Crippen LogP contribution < -0.4 is 10.1 Å². The monoisotopic (exact) mass is 388 g/mol. The molecule has 2 heterocycles. The maximum atomic E-state index is 12.5. The first kappa shape index (κ1) is 18.9. The van der Waals surface area contributed by atoms with Gasteiger partial charge in [0.05, 0.1) is 11.4 Å². The number of aryl methyl sites for hydroxylation is 3. The molecule has 0 radical (unpaired) electrons. The zero-order valence-corrected chi connectivity index (χ0v) is 17.1. The van der Waals surface area contributed by atoms with E-state index in [2.05, 4.69) is 33.6 Å². The fraction of sp³-hybridized carbons (Fsp3) is 0.261. The molecule has 0 spiro atoms. The van der Waals surface area contributed by atoms with Crippen LogP contribution in [0.25, 0.3) is 21.8 Å². The third-order valence-electron chi connectivity index (χ3n) is 5.09. The average Bonchev–Trinajstić information content (AvgIpc) is 3.01. The molecule has 0 saturated heterocycles. The van der Waals surface area contributed by atoms with E-state index >= 15 is 0 Å². The van der Waals surface area contributed by atoms with Crippen LogP contribution in [0, 0.1) is 13.8 Å². The summed E-state index contributed by atoms with van der Waals surface area (Å²) in [5, 5.41) is 10.5. The van der Waals surface area contributed by atoms with Crippen molar-refractivity contribution >= 4 is 27.7 Å². The van der Waals surface area contributed by atoms with E-state index in [1.807, 2.05) is 58.2 Å². The Bertz CT molecular complexity index is 1210. The van der Waals surface area contributed by atoms with E-state index in [0.29, 0.717) is 5.88 Å². The summed E-state index contributed by atoms with van der Waals surface area (Å²) >= 11 is 0. The zero-order chi connectivity index (χ0) is 20.5. The van der Waals surface area contributed by atoms with E-state index in [9.17, 15) is 4.79 Å². The number of rotatable bonds is 5. The minimum absolute atomic E-state index is 0.103. The molecule has 0 aliphatic rings. The molecule has 0 bridgehead atoms. The Kier molecular flexibility index (Phi) is 4.92. The van der Waals surface area contributed by atoms with E-state index in [1.165, 1.54) is 0 Å². The van der Waals surface area contributed by atoms with Crippen molar-refractivity contribution in [3.05, 3.63) is 65.4 Å². The highest BCUT2D eigenvalue weighted by molar-refractivity contribution is 5.88. The van der Waals surface area contributed by atoms with Crippen molar-refractivity contribution < 1.29 is 9.53 Å². The standard InChI is InChI=1S/C23H24N4O2/c1-14-12-15(2)24-22-21(14)23(26-27(22)4)29-13-20(28)25-16(3)18-11-7-9-17-8-5-6-10-19(17)18/h5-12,16H,13H2,1-4H3,(H,25,28). The lowest BCUT2D eigenvalue weighted by atomic mass is 10.00. The fourth-order valence-corrected chi connectivity index (χ4v) is 3.77. The second kappa shape index (κ2) is 7.54. The summed E-state index contributed by atoms with van der Waals surface area (Å²) < 4.78 is 7.44. The summed E-state index contributed by atoms with van der Waals surface area (Å²) in [4.78, 5) is 17.1. The Morgan fingerprint density at radius 2 is 1.93 bits per heavy atom. The van der Waals surface area contributed by atoms with Crippen molar-refractivity contribution in [2.24, 2.45) is 7.05 Å². The summed E-state index contributed by atoms with van der Waals surface area (Å²) in [6.07, 6.45) is 0. The smallest absolute Gasteiger partial charge is 0.258 e. The molecule has 1 unspecified atom stereocenters. The van der Waals surface area contributed by atoms with Gasteiger partial charge in [-0.15, -0.1) is 5.10 Å². The molecule has 2 aromatic heterocycles. The molecule has 148 valence electrons.